The number of anilines is 4. The number of hydrogen-bond donors (Lipinski definition) is 4. The normalized spacial score (nSPS) is 14.0. The third-order valence-corrected chi connectivity index (χ3v) is 13.6. The Morgan fingerprint density at radius 1 is 0.766 bits per heavy atom. The van der Waals surface area contributed by atoms with Gasteiger partial charge in [0, 0.05) is 116 Å². The topological polar surface area (TPSA) is 210 Å². The molecule has 2 aliphatic heterocycles. The summed E-state index contributed by atoms with van der Waals surface area (Å²) in [4.78, 5) is 85.7. The number of fused-ring (bicyclic) bond motifs is 1. The largest absolute Gasteiger partial charge is 0.493 e. The summed E-state index contributed by atoms with van der Waals surface area (Å²) >= 11 is 0. The number of carbonyl (C=O) groups excluding carboxylic acids is 5. The highest BCUT2D eigenvalue weighted by atomic mass is 16.5. The number of pyridine rings is 1. The van der Waals surface area contributed by atoms with Gasteiger partial charge in [-0.25, -0.2) is 15.0 Å². The van der Waals surface area contributed by atoms with Crippen molar-refractivity contribution in [3.05, 3.63) is 137 Å². The van der Waals surface area contributed by atoms with Gasteiger partial charge in [-0.15, -0.1) is 12.3 Å². The summed E-state index contributed by atoms with van der Waals surface area (Å²) in [6.07, 6.45) is 12.1. The van der Waals surface area contributed by atoms with Crippen LogP contribution in [0.4, 0.5) is 23.0 Å². The van der Waals surface area contributed by atoms with Crippen LogP contribution in [0.5, 0.6) is 11.5 Å². The molecule has 0 saturated carbocycles. The number of benzene rings is 4. The molecule has 77 heavy (non-hydrogen) atoms. The summed E-state index contributed by atoms with van der Waals surface area (Å²) < 4.78 is 17.5. The summed E-state index contributed by atoms with van der Waals surface area (Å²) in [5.74, 6) is 3.98. The number of aromatic nitrogens is 3. The van der Waals surface area contributed by atoms with Crippen LogP contribution in [0, 0.1) is 19.3 Å². The summed E-state index contributed by atoms with van der Waals surface area (Å²) in [6, 6.07) is 27.7. The number of hydrogen-bond acceptors (Lipinski definition) is 14. The van der Waals surface area contributed by atoms with E-state index in [1.165, 1.54) is 6.33 Å². The van der Waals surface area contributed by atoms with E-state index in [9.17, 15) is 24.0 Å². The Morgan fingerprint density at radius 3 is 2.30 bits per heavy atom. The van der Waals surface area contributed by atoms with Crippen LogP contribution < -0.4 is 35.6 Å². The average Bonchev–Trinajstić information content (AvgIpc) is 3.48. The van der Waals surface area contributed by atoms with Gasteiger partial charge in [0.05, 0.1) is 32.4 Å². The van der Waals surface area contributed by atoms with Crippen LogP contribution in [-0.4, -0.2) is 139 Å². The van der Waals surface area contributed by atoms with Gasteiger partial charge in [-0.1, -0.05) is 48.5 Å². The zero-order valence-corrected chi connectivity index (χ0v) is 43.7. The van der Waals surface area contributed by atoms with E-state index in [1.807, 2.05) is 60.4 Å². The Balaban J connectivity index is 0.791. The van der Waals surface area contributed by atoms with Crippen molar-refractivity contribution in [3.8, 4) is 23.8 Å². The summed E-state index contributed by atoms with van der Waals surface area (Å²) in [5, 5.41) is 13.1. The highest BCUT2D eigenvalue weighted by Gasteiger charge is 2.29. The quantitative estimate of drug-likeness (QED) is 0.0269. The van der Waals surface area contributed by atoms with Crippen LogP contribution in [0.2, 0.25) is 0 Å². The van der Waals surface area contributed by atoms with E-state index in [0.717, 1.165) is 48.5 Å². The minimum absolute atomic E-state index is 0.114. The van der Waals surface area contributed by atoms with Crippen LogP contribution in [0.25, 0.3) is 10.9 Å². The molecule has 18 nitrogen and oxygen atoms in total. The van der Waals surface area contributed by atoms with Crippen molar-refractivity contribution < 1.29 is 38.2 Å². The number of piperazine rings is 1. The van der Waals surface area contributed by atoms with Gasteiger partial charge in [0.25, 0.3) is 11.8 Å². The Bertz CT molecular complexity index is 3040. The molecule has 4 N–H and O–H groups in total. The molecule has 2 aromatic heterocycles. The van der Waals surface area contributed by atoms with Crippen molar-refractivity contribution in [1.82, 2.24) is 35.4 Å². The third kappa shape index (κ3) is 15.1. The molecular weight excluding hydrogens is 977 g/mol. The van der Waals surface area contributed by atoms with E-state index in [4.69, 9.17) is 20.6 Å². The van der Waals surface area contributed by atoms with E-state index in [-0.39, 0.29) is 35.8 Å². The molecule has 1 atom stereocenters. The lowest BCUT2D eigenvalue weighted by molar-refractivity contribution is -0.138. The molecule has 18 heteroatoms. The lowest BCUT2D eigenvalue weighted by Gasteiger charge is -2.36. The van der Waals surface area contributed by atoms with Gasteiger partial charge in [0.15, 0.2) is 17.3 Å². The molecule has 400 valence electrons. The third-order valence-electron chi connectivity index (χ3n) is 13.6. The number of nitrogens with one attached hydrogen (secondary N) is 4. The number of morpholine rings is 1. The second-order valence-electron chi connectivity index (χ2n) is 18.9. The fourth-order valence-electron chi connectivity index (χ4n) is 9.19. The molecule has 0 bridgehead atoms. The number of aryl methyl sites for hydroxylation is 1. The molecule has 4 heterocycles. The number of carbonyl (C=O) groups is 5. The van der Waals surface area contributed by atoms with E-state index in [2.05, 4.69) is 51.9 Å². The number of unbranched alkanes of at least 4 members (excludes halogenated alkanes) is 2. The summed E-state index contributed by atoms with van der Waals surface area (Å²) in [7, 11) is 1.59. The second kappa shape index (κ2) is 27.4. The van der Waals surface area contributed by atoms with E-state index in [1.54, 1.807) is 61.8 Å². The fraction of sp³-hybridized carbons (Fsp3) is 0.356. The lowest BCUT2D eigenvalue weighted by Crippen LogP contribution is -2.55. The van der Waals surface area contributed by atoms with Crippen molar-refractivity contribution in [2.24, 2.45) is 0 Å². The van der Waals surface area contributed by atoms with Gasteiger partial charge >= 0.3 is 0 Å². The summed E-state index contributed by atoms with van der Waals surface area (Å²) in [5.41, 5.74) is 4.99. The highest BCUT2D eigenvalue weighted by Crippen LogP contribution is 2.36. The smallest absolute Gasteiger partial charge is 0.255 e. The molecule has 2 saturated heterocycles. The van der Waals surface area contributed by atoms with E-state index >= 15 is 0 Å². The van der Waals surface area contributed by atoms with Gasteiger partial charge in [-0.2, -0.15) is 0 Å². The van der Waals surface area contributed by atoms with Crippen LogP contribution in [0.1, 0.15) is 87.1 Å². The summed E-state index contributed by atoms with van der Waals surface area (Å²) in [6.45, 7) is 8.58. The lowest BCUT2D eigenvalue weighted by atomic mass is 10.0. The number of rotatable bonds is 24. The van der Waals surface area contributed by atoms with Crippen molar-refractivity contribution in [2.45, 2.75) is 57.9 Å². The fourth-order valence-corrected chi connectivity index (χ4v) is 9.19. The maximum Gasteiger partial charge on any atom is 0.255 e. The molecule has 2 aliphatic rings. The Labute approximate surface area is 449 Å². The Hall–Kier alpha value is -8.40. The zero-order valence-electron chi connectivity index (χ0n) is 43.7. The number of ether oxygens (including phenoxy) is 3. The molecule has 8 rings (SSSR count). The predicted octanol–water partition coefficient (Wildman–Crippen LogP) is 7.21. The van der Waals surface area contributed by atoms with Gasteiger partial charge in [0.1, 0.15) is 24.0 Å². The van der Waals surface area contributed by atoms with E-state index < -0.39 is 6.04 Å². The van der Waals surface area contributed by atoms with E-state index in [0.29, 0.717) is 135 Å². The van der Waals surface area contributed by atoms with Gasteiger partial charge < -0.3 is 45.3 Å². The predicted molar refractivity (Wildman–Crippen MR) is 296 cm³/mol. The number of ketones is 1. The number of methoxy groups -OCH3 is 1. The maximum atomic E-state index is 13.9. The van der Waals surface area contributed by atoms with Gasteiger partial charge in [-0.05, 0) is 87.1 Å². The van der Waals surface area contributed by atoms with Crippen molar-refractivity contribution in [2.75, 3.05) is 94.8 Å². The first-order valence-electron chi connectivity index (χ1n) is 26.2. The number of nitrogens with zero attached hydrogens (tertiary/aromatic N) is 6. The molecule has 4 amide bonds. The second-order valence-corrected chi connectivity index (χ2v) is 18.9. The molecular formula is C59H66N10O8. The average molecular weight is 1040 g/mol. The van der Waals surface area contributed by atoms with Gasteiger partial charge in [-0.3, -0.25) is 28.9 Å². The SMILES string of the molecule is C#CCCCC(=O)N[C@H](CCCCNC(=O)c1ccc(C(=O)c2ccccc2)cc1)C(=O)N1CCN(CCCOc2cc3ncnc(Nc4cc(NC(=O)c5ccnc(N6CCOCC6)c5)ccc4C)c3cc2OC)CC1. The Kier molecular flexibility index (Phi) is 19.5. The minimum atomic E-state index is -0.698. The standard InChI is InChI=1S/C59H66N10O8/c1-4-5-7-16-54(70)65-48(15-10-11-24-61-57(72)44-20-18-43(19-21-44)55(71)42-13-8-6-9-14-42)59(74)69-29-27-67(28-30-69)26-12-33-77-52-39-50-47(38-51(52)75-3)56(63-40-62-50)66-49-37-46(22-17-41(49)2)64-58(73)45-23-25-60-53(36-45)68-31-34-76-35-32-68/h1,6,8-9,13-14,17-23,25,36-40,48H,5,7,10-12,15-16,24,26-35H2,2-3H3,(H,61,72)(H,64,73)(H,65,70)(H,62,63,66)/t48-/m1/s1. The molecule has 0 aliphatic carbocycles. The molecule has 0 unspecified atom stereocenters. The molecule has 2 fully saturated rings. The van der Waals surface area contributed by atoms with Crippen LogP contribution >= 0.6 is 0 Å². The molecule has 6 aromatic rings. The van der Waals surface area contributed by atoms with Crippen LogP contribution in [-0.2, 0) is 14.3 Å². The van der Waals surface area contributed by atoms with Crippen LogP contribution in [0.15, 0.2) is 110 Å². The molecule has 4 aromatic carbocycles. The Morgan fingerprint density at radius 2 is 1.53 bits per heavy atom. The molecule has 0 spiro atoms. The van der Waals surface area contributed by atoms with Gasteiger partial charge in [0.2, 0.25) is 11.8 Å². The first-order chi connectivity index (χ1) is 37.6. The number of amides is 4. The number of terminal acetylenes is 1. The monoisotopic (exact) mass is 1040 g/mol. The minimum Gasteiger partial charge on any atom is -0.493 e. The first kappa shape index (κ1) is 54.8. The van der Waals surface area contributed by atoms with Crippen molar-refractivity contribution in [1.29, 1.82) is 0 Å². The highest BCUT2D eigenvalue weighted by molar-refractivity contribution is 6.09. The molecule has 0 radical (unpaired) electrons. The maximum absolute atomic E-state index is 13.9. The first-order valence-corrected chi connectivity index (χ1v) is 26.2. The van der Waals surface area contributed by atoms with Crippen molar-refractivity contribution >= 4 is 63.3 Å². The van der Waals surface area contributed by atoms with Crippen LogP contribution in [0.3, 0.4) is 0 Å². The zero-order chi connectivity index (χ0) is 53.9. The van der Waals surface area contributed by atoms with Crippen molar-refractivity contribution in [3.63, 3.8) is 0 Å².